The summed E-state index contributed by atoms with van der Waals surface area (Å²) in [7, 11) is 0. The normalized spacial score (nSPS) is 16.9. The van der Waals surface area contributed by atoms with Gasteiger partial charge in [0.05, 0.1) is 12.5 Å². The van der Waals surface area contributed by atoms with E-state index in [4.69, 9.17) is 0 Å². The number of hydrogen-bond donors (Lipinski definition) is 2. The molecular formula is C25H34N4O4. The van der Waals surface area contributed by atoms with Crippen LogP contribution in [-0.4, -0.2) is 50.2 Å². The van der Waals surface area contributed by atoms with Crippen LogP contribution < -0.4 is 5.32 Å². The number of aliphatic carboxylic acids is 1. The molecule has 2 aromatic rings. The standard InChI is InChI=1S/C25H34N4O4/c1-4-10-18-12-8-9-14-28(18)25(33)22-15-21(27-29(22)5-2)24(32)26-20(16-23(30)31)19-13-7-6-11-17(19)3/h6-7,11,13,15,18,20H,4-5,8-10,12,14,16H2,1-3H3,(H,26,32)(H,30,31). The predicted octanol–water partition coefficient (Wildman–Crippen LogP) is 3.95. The summed E-state index contributed by atoms with van der Waals surface area (Å²) in [5.74, 6) is -1.59. The number of amides is 2. The number of aromatic nitrogens is 2. The summed E-state index contributed by atoms with van der Waals surface area (Å²) in [6, 6.07) is 8.43. The summed E-state index contributed by atoms with van der Waals surface area (Å²) in [5.41, 5.74) is 2.16. The molecule has 1 aromatic heterocycles. The minimum Gasteiger partial charge on any atom is -0.481 e. The second kappa shape index (κ2) is 11.1. The molecule has 0 radical (unpaired) electrons. The van der Waals surface area contributed by atoms with Crippen LogP contribution in [0.1, 0.15) is 90.5 Å². The molecule has 2 atom stereocenters. The van der Waals surface area contributed by atoms with Gasteiger partial charge in [0.1, 0.15) is 5.69 Å². The molecule has 0 saturated carbocycles. The van der Waals surface area contributed by atoms with Gasteiger partial charge in [-0.15, -0.1) is 0 Å². The zero-order valence-electron chi connectivity index (χ0n) is 19.7. The third kappa shape index (κ3) is 5.80. The fourth-order valence-electron chi connectivity index (χ4n) is 4.61. The lowest BCUT2D eigenvalue weighted by Gasteiger charge is -2.35. The number of carbonyl (C=O) groups excluding carboxylic acids is 2. The zero-order chi connectivity index (χ0) is 24.0. The van der Waals surface area contributed by atoms with Crippen LogP contribution in [0.3, 0.4) is 0 Å². The first-order valence-corrected chi connectivity index (χ1v) is 11.8. The fourth-order valence-corrected chi connectivity index (χ4v) is 4.61. The highest BCUT2D eigenvalue weighted by molar-refractivity contribution is 5.98. The SMILES string of the molecule is CCCC1CCCCN1C(=O)c1cc(C(=O)NC(CC(=O)O)c2ccccc2C)nn1CC. The lowest BCUT2D eigenvalue weighted by atomic mass is 9.97. The van der Waals surface area contributed by atoms with E-state index < -0.39 is 17.9 Å². The Kier molecular flexibility index (Phi) is 8.25. The molecule has 1 saturated heterocycles. The van der Waals surface area contributed by atoms with Crippen molar-refractivity contribution in [1.82, 2.24) is 20.0 Å². The fraction of sp³-hybridized carbons (Fsp3) is 0.520. The van der Waals surface area contributed by atoms with E-state index in [0.717, 1.165) is 43.2 Å². The third-order valence-corrected chi connectivity index (χ3v) is 6.29. The Hall–Kier alpha value is -3.16. The van der Waals surface area contributed by atoms with E-state index in [1.165, 1.54) is 6.07 Å². The summed E-state index contributed by atoms with van der Waals surface area (Å²) >= 11 is 0. The number of carbonyl (C=O) groups is 3. The lowest BCUT2D eigenvalue weighted by molar-refractivity contribution is -0.137. The molecule has 1 fully saturated rings. The highest BCUT2D eigenvalue weighted by Crippen LogP contribution is 2.24. The van der Waals surface area contributed by atoms with Gasteiger partial charge in [0.25, 0.3) is 11.8 Å². The molecular weight excluding hydrogens is 420 g/mol. The van der Waals surface area contributed by atoms with Crippen LogP contribution in [0, 0.1) is 6.92 Å². The van der Waals surface area contributed by atoms with Gasteiger partial charge in [0.2, 0.25) is 0 Å². The Morgan fingerprint density at radius 1 is 1.21 bits per heavy atom. The molecule has 33 heavy (non-hydrogen) atoms. The number of piperidine rings is 1. The van der Waals surface area contributed by atoms with Crippen molar-refractivity contribution >= 4 is 17.8 Å². The second-order valence-electron chi connectivity index (χ2n) is 8.65. The first-order valence-electron chi connectivity index (χ1n) is 11.8. The Bertz CT molecular complexity index is 998. The van der Waals surface area contributed by atoms with Crippen molar-refractivity contribution in [2.45, 2.75) is 77.9 Å². The minimum atomic E-state index is -1.01. The Balaban J connectivity index is 1.84. The number of aryl methyl sites for hydroxylation is 2. The summed E-state index contributed by atoms with van der Waals surface area (Å²) in [6.07, 6.45) is 4.83. The molecule has 2 unspecified atom stereocenters. The maximum absolute atomic E-state index is 13.4. The molecule has 8 heteroatoms. The molecule has 8 nitrogen and oxygen atoms in total. The van der Waals surface area contributed by atoms with Gasteiger partial charge in [0.15, 0.2) is 5.69 Å². The molecule has 2 heterocycles. The van der Waals surface area contributed by atoms with Crippen LogP contribution in [0.15, 0.2) is 30.3 Å². The van der Waals surface area contributed by atoms with E-state index in [1.54, 1.807) is 4.68 Å². The lowest BCUT2D eigenvalue weighted by Crippen LogP contribution is -2.44. The number of nitrogens with one attached hydrogen (secondary N) is 1. The molecule has 0 aliphatic carbocycles. The van der Waals surface area contributed by atoms with Gasteiger partial charge >= 0.3 is 5.97 Å². The first kappa shape index (κ1) is 24.5. The van der Waals surface area contributed by atoms with Gasteiger partial charge in [-0.25, -0.2) is 0 Å². The zero-order valence-corrected chi connectivity index (χ0v) is 19.7. The number of benzene rings is 1. The van der Waals surface area contributed by atoms with E-state index in [2.05, 4.69) is 17.3 Å². The number of nitrogens with zero attached hydrogens (tertiary/aromatic N) is 3. The summed E-state index contributed by atoms with van der Waals surface area (Å²) < 4.78 is 1.56. The number of carboxylic acids is 1. The van der Waals surface area contributed by atoms with Crippen LogP contribution in [0.25, 0.3) is 0 Å². The van der Waals surface area contributed by atoms with E-state index in [-0.39, 0.29) is 24.1 Å². The maximum atomic E-state index is 13.4. The first-order chi connectivity index (χ1) is 15.8. The highest BCUT2D eigenvalue weighted by Gasteiger charge is 2.30. The smallest absolute Gasteiger partial charge is 0.305 e. The van der Waals surface area contributed by atoms with Gasteiger partial charge < -0.3 is 15.3 Å². The van der Waals surface area contributed by atoms with E-state index >= 15 is 0 Å². The van der Waals surface area contributed by atoms with Crippen molar-refractivity contribution in [1.29, 1.82) is 0 Å². The average Bonchev–Trinajstić information content (AvgIpc) is 3.23. The molecule has 2 N–H and O–H groups in total. The summed E-state index contributed by atoms with van der Waals surface area (Å²) in [5, 5.41) is 16.6. The predicted molar refractivity (Wildman–Crippen MR) is 125 cm³/mol. The molecule has 0 spiro atoms. The molecule has 2 amide bonds. The van der Waals surface area contributed by atoms with Crippen LogP contribution in [-0.2, 0) is 11.3 Å². The Morgan fingerprint density at radius 3 is 2.64 bits per heavy atom. The van der Waals surface area contributed by atoms with E-state index in [9.17, 15) is 19.5 Å². The highest BCUT2D eigenvalue weighted by atomic mass is 16.4. The number of likely N-dealkylation sites (tertiary alicyclic amines) is 1. The van der Waals surface area contributed by atoms with Crippen LogP contribution in [0.2, 0.25) is 0 Å². The summed E-state index contributed by atoms with van der Waals surface area (Å²) in [4.78, 5) is 39.8. The number of hydrogen-bond acceptors (Lipinski definition) is 4. The van der Waals surface area contributed by atoms with Crippen molar-refractivity contribution in [3.05, 3.63) is 52.8 Å². The van der Waals surface area contributed by atoms with Crippen LogP contribution >= 0.6 is 0 Å². The van der Waals surface area contributed by atoms with Gasteiger partial charge in [-0.05, 0) is 50.7 Å². The molecule has 3 rings (SSSR count). The Morgan fingerprint density at radius 2 is 1.97 bits per heavy atom. The van der Waals surface area contributed by atoms with E-state index in [0.29, 0.717) is 18.8 Å². The monoisotopic (exact) mass is 454 g/mol. The number of carboxylic acid groups (broad SMARTS) is 1. The molecule has 0 bridgehead atoms. The average molecular weight is 455 g/mol. The topological polar surface area (TPSA) is 105 Å². The molecule has 1 aromatic carbocycles. The summed E-state index contributed by atoms with van der Waals surface area (Å²) in [6.45, 7) is 7.05. The van der Waals surface area contributed by atoms with Gasteiger partial charge in [-0.2, -0.15) is 5.10 Å². The van der Waals surface area contributed by atoms with Crippen molar-refractivity contribution in [2.24, 2.45) is 0 Å². The van der Waals surface area contributed by atoms with Gasteiger partial charge in [-0.1, -0.05) is 37.6 Å². The minimum absolute atomic E-state index is 0.0949. The van der Waals surface area contributed by atoms with Crippen molar-refractivity contribution in [3.63, 3.8) is 0 Å². The molecule has 1 aliphatic heterocycles. The van der Waals surface area contributed by atoms with Crippen LogP contribution in [0.5, 0.6) is 0 Å². The number of rotatable bonds is 9. The second-order valence-corrected chi connectivity index (χ2v) is 8.65. The molecule has 1 aliphatic rings. The van der Waals surface area contributed by atoms with Crippen molar-refractivity contribution in [2.75, 3.05) is 6.54 Å². The quantitative estimate of drug-likeness (QED) is 0.597. The third-order valence-electron chi connectivity index (χ3n) is 6.29. The van der Waals surface area contributed by atoms with E-state index in [1.807, 2.05) is 43.0 Å². The van der Waals surface area contributed by atoms with Gasteiger partial charge in [0, 0.05) is 25.2 Å². The maximum Gasteiger partial charge on any atom is 0.305 e. The van der Waals surface area contributed by atoms with Crippen molar-refractivity contribution < 1.29 is 19.5 Å². The van der Waals surface area contributed by atoms with Crippen LogP contribution in [0.4, 0.5) is 0 Å². The Labute approximate surface area is 195 Å². The largest absolute Gasteiger partial charge is 0.481 e. The molecule has 178 valence electrons. The van der Waals surface area contributed by atoms with Gasteiger partial charge in [-0.3, -0.25) is 19.1 Å². The van der Waals surface area contributed by atoms with Crippen molar-refractivity contribution in [3.8, 4) is 0 Å².